The number of hydrogen-bond donors (Lipinski definition) is 3. The lowest BCUT2D eigenvalue weighted by Gasteiger charge is -2.29. The Morgan fingerprint density at radius 1 is 1.27 bits per heavy atom. The molecule has 1 saturated carbocycles. The van der Waals surface area contributed by atoms with Crippen LogP contribution in [0.1, 0.15) is 45.6 Å². The van der Waals surface area contributed by atoms with Crippen LogP contribution in [-0.2, 0) is 0 Å². The minimum Gasteiger partial charge on any atom is -0.371 e. The van der Waals surface area contributed by atoms with Gasteiger partial charge in [-0.15, -0.1) is 0 Å². The van der Waals surface area contributed by atoms with Gasteiger partial charge >= 0.3 is 0 Å². The van der Waals surface area contributed by atoms with Crippen LogP contribution in [0.4, 0.5) is 11.8 Å². The van der Waals surface area contributed by atoms with Gasteiger partial charge in [0.2, 0.25) is 5.95 Å². The second kappa shape index (κ2) is 6.08. The molecule has 2 aromatic heterocycles. The fourth-order valence-electron chi connectivity index (χ4n) is 3.04. The molecule has 7 nitrogen and oxygen atoms in total. The SMILES string of the molecule is CNc1nc(NC2CCCCC2N)nc2c1ncn2C(C)C. The van der Waals surface area contributed by atoms with E-state index in [4.69, 9.17) is 5.73 Å². The Morgan fingerprint density at radius 3 is 2.73 bits per heavy atom. The van der Waals surface area contributed by atoms with Gasteiger partial charge in [-0.05, 0) is 26.7 Å². The van der Waals surface area contributed by atoms with E-state index in [-0.39, 0.29) is 12.1 Å². The van der Waals surface area contributed by atoms with Gasteiger partial charge in [0.05, 0.1) is 6.33 Å². The molecule has 0 amide bonds. The average molecular weight is 303 g/mol. The van der Waals surface area contributed by atoms with E-state index in [1.165, 1.54) is 12.8 Å². The molecule has 22 heavy (non-hydrogen) atoms. The first-order chi connectivity index (χ1) is 10.6. The Balaban J connectivity index is 1.97. The zero-order valence-electron chi connectivity index (χ0n) is 13.5. The number of fused-ring (bicyclic) bond motifs is 1. The van der Waals surface area contributed by atoms with E-state index in [1.807, 2.05) is 13.4 Å². The molecule has 7 heteroatoms. The number of hydrogen-bond acceptors (Lipinski definition) is 6. The van der Waals surface area contributed by atoms with Crippen LogP contribution in [0.2, 0.25) is 0 Å². The molecule has 2 aromatic rings. The molecule has 120 valence electrons. The van der Waals surface area contributed by atoms with Crippen LogP contribution in [-0.4, -0.2) is 38.7 Å². The highest BCUT2D eigenvalue weighted by Crippen LogP contribution is 2.25. The molecule has 1 fully saturated rings. The molecule has 2 heterocycles. The molecule has 2 unspecified atom stereocenters. The second-order valence-corrected chi connectivity index (χ2v) is 6.26. The molecular formula is C15H25N7. The van der Waals surface area contributed by atoms with E-state index in [2.05, 4.69) is 44.0 Å². The van der Waals surface area contributed by atoms with E-state index in [0.29, 0.717) is 12.0 Å². The minimum atomic E-state index is 0.168. The Morgan fingerprint density at radius 2 is 2.05 bits per heavy atom. The summed E-state index contributed by atoms with van der Waals surface area (Å²) in [6, 6.07) is 0.710. The summed E-state index contributed by atoms with van der Waals surface area (Å²) >= 11 is 0. The van der Waals surface area contributed by atoms with Crippen molar-refractivity contribution in [3.63, 3.8) is 0 Å². The van der Waals surface area contributed by atoms with Gasteiger partial charge in [0.1, 0.15) is 0 Å². The van der Waals surface area contributed by atoms with Gasteiger partial charge < -0.3 is 20.9 Å². The summed E-state index contributed by atoms with van der Waals surface area (Å²) in [4.78, 5) is 13.7. The average Bonchev–Trinajstić information content (AvgIpc) is 2.93. The minimum absolute atomic E-state index is 0.168. The molecule has 0 bridgehead atoms. The molecule has 2 atom stereocenters. The Hall–Kier alpha value is -1.89. The summed E-state index contributed by atoms with van der Waals surface area (Å²) in [7, 11) is 1.85. The number of imidazole rings is 1. The van der Waals surface area contributed by atoms with E-state index in [1.54, 1.807) is 0 Å². The largest absolute Gasteiger partial charge is 0.371 e. The lowest BCUT2D eigenvalue weighted by Crippen LogP contribution is -2.43. The number of nitrogens with two attached hydrogens (primary N) is 1. The van der Waals surface area contributed by atoms with Gasteiger partial charge in [0, 0.05) is 25.2 Å². The number of aromatic nitrogens is 4. The van der Waals surface area contributed by atoms with Gasteiger partial charge in [-0.2, -0.15) is 9.97 Å². The van der Waals surface area contributed by atoms with Crippen LogP contribution in [0.3, 0.4) is 0 Å². The van der Waals surface area contributed by atoms with Crippen LogP contribution in [0.15, 0.2) is 6.33 Å². The molecule has 0 spiro atoms. The van der Waals surface area contributed by atoms with Crippen LogP contribution in [0, 0.1) is 0 Å². The van der Waals surface area contributed by atoms with Crippen LogP contribution in [0.5, 0.6) is 0 Å². The van der Waals surface area contributed by atoms with Crippen molar-refractivity contribution < 1.29 is 0 Å². The van der Waals surface area contributed by atoms with Crippen LogP contribution < -0.4 is 16.4 Å². The summed E-state index contributed by atoms with van der Waals surface area (Å²) in [6.45, 7) is 4.23. The third-order valence-electron chi connectivity index (χ3n) is 4.35. The van der Waals surface area contributed by atoms with Crippen LogP contribution in [0.25, 0.3) is 11.2 Å². The van der Waals surface area contributed by atoms with E-state index < -0.39 is 0 Å². The second-order valence-electron chi connectivity index (χ2n) is 6.26. The van der Waals surface area contributed by atoms with Gasteiger partial charge in [0.15, 0.2) is 17.0 Å². The quantitative estimate of drug-likeness (QED) is 0.801. The molecule has 0 aromatic carbocycles. The summed E-state index contributed by atoms with van der Waals surface area (Å²) in [5, 5.41) is 6.54. The van der Waals surface area contributed by atoms with Crippen LogP contribution >= 0.6 is 0 Å². The monoisotopic (exact) mass is 303 g/mol. The normalized spacial score (nSPS) is 22.2. The van der Waals surface area contributed by atoms with Gasteiger partial charge in [-0.25, -0.2) is 4.98 Å². The summed E-state index contributed by atoms with van der Waals surface area (Å²) in [6.07, 6.45) is 6.36. The highest BCUT2D eigenvalue weighted by atomic mass is 15.2. The third kappa shape index (κ3) is 2.72. The van der Waals surface area contributed by atoms with Crippen molar-refractivity contribution in [2.45, 2.75) is 57.7 Å². The molecular weight excluding hydrogens is 278 g/mol. The summed E-state index contributed by atoms with van der Waals surface area (Å²) in [5.41, 5.74) is 7.87. The van der Waals surface area contributed by atoms with Crippen molar-refractivity contribution in [2.75, 3.05) is 17.7 Å². The zero-order valence-corrected chi connectivity index (χ0v) is 13.5. The Kier molecular flexibility index (Phi) is 4.15. The predicted octanol–water partition coefficient (Wildman–Crippen LogP) is 2.13. The molecule has 1 aliphatic rings. The molecule has 1 aliphatic carbocycles. The third-order valence-corrected chi connectivity index (χ3v) is 4.35. The highest BCUT2D eigenvalue weighted by Gasteiger charge is 2.23. The first-order valence-electron chi connectivity index (χ1n) is 8.04. The molecule has 0 aliphatic heterocycles. The van der Waals surface area contributed by atoms with Crippen molar-refractivity contribution in [3.05, 3.63) is 6.33 Å². The van der Waals surface area contributed by atoms with E-state index >= 15 is 0 Å². The maximum Gasteiger partial charge on any atom is 0.227 e. The standard InChI is InChI=1S/C15H25N7/c1-9(2)22-8-18-12-13(17-3)20-15(21-14(12)22)19-11-7-5-4-6-10(11)16/h8-11H,4-7,16H2,1-3H3,(H2,17,19,20,21). The maximum absolute atomic E-state index is 6.22. The smallest absolute Gasteiger partial charge is 0.227 e. The van der Waals surface area contributed by atoms with Crippen molar-refractivity contribution in [2.24, 2.45) is 5.73 Å². The fraction of sp³-hybridized carbons (Fsp3) is 0.667. The van der Waals surface area contributed by atoms with Gasteiger partial charge in [-0.1, -0.05) is 12.8 Å². The fourth-order valence-corrected chi connectivity index (χ4v) is 3.04. The molecule has 3 rings (SSSR count). The lowest BCUT2D eigenvalue weighted by atomic mass is 9.91. The Bertz CT molecular complexity index is 649. The van der Waals surface area contributed by atoms with Gasteiger partial charge in [-0.3, -0.25) is 0 Å². The lowest BCUT2D eigenvalue weighted by molar-refractivity contribution is 0.402. The summed E-state index contributed by atoms with van der Waals surface area (Å²) in [5.74, 6) is 1.37. The van der Waals surface area contributed by atoms with Gasteiger partial charge in [0.25, 0.3) is 0 Å². The molecule has 0 radical (unpaired) electrons. The number of anilines is 2. The predicted molar refractivity (Wildman–Crippen MR) is 89.1 cm³/mol. The maximum atomic E-state index is 6.22. The molecule has 0 saturated heterocycles. The summed E-state index contributed by atoms with van der Waals surface area (Å²) < 4.78 is 2.06. The molecule has 4 N–H and O–H groups in total. The van der Waals surface area contributed by atoms with Crippen molar-refractivity contribution in [1.82, 2.24) is 19.5 Å². The zero-order chi connectivity index (χ0) is 15.7. The van der Waals surface area contributed by atoms with Crippen molar-refractivity contribution in [1.29, 1.82) is 0 Å². The number of nitrogens with one attached hydrogen (secondary N) is 2. The van der Waals surface area contributed by atoms with Crippen molar-refractivity contribution >= 4 is 22.9 Å². The first-order valence-corrected chi connectivity index (χ1v) is 8.04. The Labute approximate surface area is 130 Å². The van der Waals surface area contributed by atoms with E-state index in [9.17, 15) is 0 Å². The number of rotatable bonds is 4. The number of nitrogens with zero attached hydrogens (tertiary/aromatic N) is 4. The first kappa shape index (κ1) is 15.0. The highest BCUT2D eigenvalue weighted by molar-refractivity contribution is 5.84. The van der Waals surface area contributed by atoms with E-state index in [0.717, 1.165) is 29.8 Å². The van der Waals surface area contributed by atoms with Crippen molar-refractivity contribution in [3.8, 4) is 0 Å². The topological polar surface area (TPSA) is 93.7 Å².